The van der Waals surface area contributed by atoms with Gasteiger partial charge in [0.2, 0.25) is 5.91 Å². The second-order valence-corrected chi connectivity index (χ2v) is 6.29. The normalized spacial score (nSPS) is 17.9. The number of hydrogen-bond donors (Lipinski definition) is 1. The predicted molar refractivity (Wildman–Crippen MR) is 91.7 cm³/mol. The first kappa shape index (κ1) is 16.2. The van der Waals surface area contributed by atoms with Crippen LogP contribution < -0.4 is 0 Å². The summed E-state index contributed by atoms with van der Waals surface area (Å²) < 4.78 is 0. The van der Waals surface area contributed by atoms with Crippen LogP contribution in [0.3, 0.4) is 0 Å². The number of carboxylic acids is 1. The minimum Gasteiger partial charge on any atom is -0.479 e. The van der Waals surface area contributed by atoms with Crippen molar-refractivity contribution >= 4 is 11.9 Å². The number of benzene rings is 2. The molecule has 0 saturated carbocycles. The number of rotatable bonds is 4. The molecule has 1 aliphatic rings. The second-order valence-electron chi connectivity index (χ2n) is 6.29. The molecule has 0 saturated heterocycles. The molecule has 1 aliphatic heterocycles. The molecule has 0 fully saturated rings. The lowest BCUT2D eigenvalue weighted by Crippen LogP contribution is -2.43. The average molecular weight is 323 g/mol. The Bertz CT molecular complexity index is 742. The average Bonchev–Trinajstić information content (AvgIpc) is 2.61. The van der Waals surface area contributed by atoms with Crippen molar-refractivity contribution in [3.05, 3.63) is 71.3 Å². The Morgan fingerprint density at radius 1 is 1.12 bits per heavy atom. The van der Waals surface area contributed by atoms with E-state index in [1.807, 2.05) is 61.5 Å². The molecule has 3 rings (SSSR count). The van der Waals surface area contributed by atoms with Crippen LogP contribution in [-0.4, -0.2) is 28.4 Å². The Balaban J connectivity index is 1.80. The summed E-state index contributed by atoms with van der Waals surface area (Å²) in [7, 11) is 0. The number of nitrogens with zero attached hydrogens (tertiary/aromatic N) is 1. The molecular formula is C20H21NO3. The smallest absolute Gasteiger partial charge is 0.331 e. The molecule has 0 aromatic heterocycles. The Hall–Kier alpha value is -2.62. The maximum atomic E-state index is 12.8. The molecule has 0 bridgehead atoms. The van der Waals surface area contributed by atoms with Crippen molar-refractivity contribution in [2.45, 2.75) is 31.7 Å². The first-order valence-electron chi connectivity index (χ1n) is 8.23. The summed E-state index contributed by atoms with van der Waals surface area (Å²) in [6, 6.07) is 16.5. The largest absolute Gasteiger partial charge is 0.479 e. The van der Waals surface area contributed by atoms with Crippen LogP contribution in [0.5, 0.6) is 0 Å². The number of aliphatic carboxylic acids is 1. The van der Waals surface area contributed by atoms with Crippen LogP contribution in [-0.2, 0) is 16.0 Å². The van der Waals surface area contributed by atoms with E-state index in [4.69, 9.17) is 0 Å². The van der Waals surface area contributed by atoms with Crippen molar-refractivity contribution in [1.82, 2.24) is 4.90 Å². The predicted octanol–water partition coefficient (Wildman–Crippen LogP) is 3.39. The maximum absolute atomic E-state index is 12.8. The molecule has 4 nitrogen and oxygen atoms in total. The minimum absolute atomic E-state index is 0.0605. The molecule has 1 amide bonds. The minimum atomic E-state index is -0.970. The first-order chi connectivity index (χ1) is 11.6. The Labute approximate surface area is 141 Å². The van der Waals surface area contributed by atoms with Crippen molar-refractivity contribution in [1.29, 1.82) is 0 Å². The van der Waals surface area contributed by atoms with Crippen LogP contribution in [0.15, 0.2) is 54.6 Å². The lowest BCUT2D eigenvalue weighted by molar-refractivity contribution is -0.151. The SMILES string of the molecule is CC(CC(=O)N1CCc2ccccc2C1C(=O)O)c1ccccc1. The van der Waals surface area contributed by atoms with Gasteiger partial charge in [-0.15, -0.1) is 0 Å². The van der Waals surface area contributed by atoms with Crippen molar-refractivity contribution < 1.29 is 14.7 Å². The third-order valence-electron chi connectivity index (χ3n) is 4.69. The van der Waals surface area contributed by atoms with E-state index in [2.05, 4.69) is 0 Å². The molecule has 24 heavy (non-hydrogen) atoms. The fraction of sp³-hybridized carbons (Fsp3) is 0.300. The highest BCUT2D eigenvalue weighted by atomic mass is 16.4. The van der Waals surface area contributed by atoms with Gasteiger partial charge in [0.1, 0.15) is 0 Å². The van der Waals surface area contributed by atoms with Gasteiger partial charge >= 0.3 is 5.97 Å². The van der Waals surface area contributed by atoms with Crippen molar-refractivity contribution in [2.75, 3.05) is 6.54 Å². The van der Waals surface area contributed by atoms with Gasteiger partial charge in [-0.3, -0.25) is 4.79 Å². The quantitative estimate of drug-likeness (QED) is 0.938. The van der Waals surface area contributed by atoms with Crippen LogP contribution in [0.2, 0.25) is 0 Å². The zero-order valence-electron chi connectivity index (χ0n) is 13.7. The molecule has 0 radical (unpaired) electrons. The third kappa shape index (κ3) is 3.18. The van der Waals surface area contributed by atoms with E-state index in [9.17, 15) is 14.7 Å². The Morgan fingerprint density at radius 2 is 1.79 bits per heavy atom. The monoisotopic (exact) mass is 323 g/mol. The van der Waals surface area contributed by atoms with Crippen molar-refractivity contribution in [3.63, 3.8) is 0 Å². The molecule has 2 atom stereocenters. The summed E-state index contributed by atoms with van der Waals surface area (Å²) in [6.07, 6.45) is 1.02. The summed E-state index contributed by atoms with van der Waals surface area (Å²) in [6.45, 7) is 2.45. The van der Waals surface area contributed by atoms with Crippen LogP contribution in [0.1, 0.15) is 42.0 Å². The molecule has 4 heteroatoms. The van der Waals surface area contributed by atoms with E-state index in [1.54, 1.807) is 0 Å². The highest BCUT2D eigenvalue weighted by molar-refractivity contribution is 5.86. The molecule has 1 N–H and O–H groups in total. The Kier molecular flexibility index (Phi) is 4.65. The van der Waals surface area contributed by atoms with Crippen LogP contribution in [0.4, 0.5) is 0 Å². The number of carbonyl (C=O) groups is 2. The molecule has 2 aromatic rings. The second kappa shape index (κ2) is 6.87. The van der Waals surface area contributed by atoms with Crippen LogP contribution in [0, 0.1) is 0 Å². The highest BCUT2D eigenvalue weighted by Gasteiger charge is 2.35. The van der Waals surface area contributed by atoms with Gasteiger partial charge in [-0.2, -0.15) is 0 Å². The highest BCUT2D eigenvalue weighted by Crippen LogP contribution is 2.31. The standard InChI is InChI=1S/C20H21NO3/c1-14(15-7-3-2-4-8-15)13-18(22)21-12-11-16-9-5-6-10-17(16)19(21)20(23)24/h2-10,14,19H,11-13H2,1H3,(H,23,24). The first-order valence-corrected chi connectivity index (χ1v) is 8.23. The molecular weight excluding hydrogens is 302 g/mol. The zero-order valence-corrected chi connectivity index (χ0v) is 13.7. The van der Waals surface area contributed by atoms with E-state index >= 15 is 0 Å². The number of fused-ring (bicyclic) bond motifs is 1. The zero-order chi connectivity index (χ0) is 17.1. The summed E-state index contributed by atoms with van der Waals surface area (Å²) >= 11 is 0. The van der Waals surface area contributed by atoms with Gasteiger partial charge in [0.05, 0.1) is 0 Å². The van der Waals surface area contributed by atoms with Gasteiger partial charge in [0.25, 0.3) is 0 Å². The molecule has 1 heterocycles. The summed E-state index contributed by atoms with van der Waals surface area (Å²) in [5.41, 5.74) is 2.84. The fourth-order valence-corrected chi connectivity index (χ4v) is 3.38. The summed E-state index contributed by atoms with van der Waals surface area (Å²) in [4.78, 5) is 26.1. The van der Waals surface area contributed by atoms with Gasteiger partial charge in [-0.1, -0.05) is 61.5 Å². The van der Waals surface area contributed by atoms with E-state index in [1.165, 1.54) is 4.90 Å². The van der Waals surface area contributed by atoms with Gasteiger partial charge in [0, 0.05) is 13.0 Å². The molecule has 0 spiro atoms. The fourth-order valence-electron chi connectivity index (χ4n) is 3.38. The van der Waals surface area contributed by atoms with E-state index in [-0.39, 0.29) is 11.8 Å². The Morgan fingerprint density at radius 3 is 2.50 bits per heavy atom. The summed E-state index contributed by atoms with van der Waals surface area (Å²) in [5.74, 6) is -1.01. The molecule has 0 aliphatic carbocycles. The lowest BCUT2D eigenvalue weighted by Gasteiger charge is -2.35. The number of carbonyl (C=O) groups excluding carboxylic acids is 1. The molecule has 2 unspecified atom stereocenters. The molecule has 2 aromatic carbocycles. The van der Waals surface area contributed by atoms with Crippen LogP contribution >= 0.6 is 0 Å². The molecule has 124 valence electrons. The van der Waals surface area contributed by atoms with Gasteiger partial charge in [-0.05, 0) is 29.0 Å². The van der Waals surface area contributed by atoms with E-state index in [0.717, 1.165) is 16.7 Å². The van der Waals surface area contributed by atoms with E-state index in [0.29, 0.717) is 19.4 Å². The topological polar surface area (TPSA) is 57.6 Å². The number of amides is 1. The van der Waals surface area contributed by atoms with Crippen molar-refractivity contribution in [3.8, 4) is 0 Å². The van der Waals surface area contributed by atoms with Crippen molar-refractivity contribution in [2.24, 2.45) is 0 Å². The van der Waals surface area contributed by atoms with Gasteiger partial charge in [0.15, 0.2) is 6.04 Å². The lowest BCUT2D eigenvalue weighted by atomic mass is 9.91. The van der Waals surface area contributed by atoms with Gasteiger partial charge < -0.3 is 10.0 Å². The maximum Gasteiger partial charge on any atom is 0.331 e. The van der Waals surface area contributed by atoms with Gasteiger partial charge in [-0.25, -0.2) is 4.79 Å². The number of hydrogen-bond acceptors (Lipinski definition) is 2. The third-order valence-corrected chi connectivity index (χ3v) is 4.69. The number of carboxylic acid groups (broad SMARTS) is 1. The van der Waals surface area contributed by atoms with E-state index < -0.39 is 12.0 Å². The summed E-state index contributed by atoms with van der Waals surface area (Å²) in [5, 5.41) is 9.66. The van der Waals surface area contributed by atoms with Crippen LogP contribution in [0.25, 0.3) is 0 Å².